The Labute approximate surface area is 119 Å². The standard InChI is InChI=1S/C15H21N3O2/c19-14(11-18-7-1-4-16-5-8-18)12-2-3-15-13(10-12)17-6-9-20-15/h2-3,10,16-17H,1,4-9,11H2. The molecule has 0 saturated carbocycles. The van der Waals surface area contributed by atoms with Crippen LogP contribution in [-0.2, 0) is 0 Å². The molecule has 1 aromatic carbocycles. The maximum absolute atomic E-state index is 12.4. The predicted octanol–water partition coefficient (Wildman–Crippen LogP) is 0.969. The zero-order chi connectivity index (χ0) is 13.8. The van der Waals surface area contributed by atoms with E-state index in [-0.39, 0.29) is 5.78 Å². The van der Waals surface area contributed by atoms with Gasteiger partial charge in [0.2, 0.25) is 0 Å². The van der Waals surface area contributed by atoms with Gasteiger partial charge >= 0.3 is 0 Å². The lowest BCUT2D eigenvalue weighted by molar-refractivity contribution is 0.0935. The highest BCUT2D eigenvalue weighted by atomic mass is 16.5. The van der Waals surface area contributed by atoms with Gasteiger partial charge in [0.15, 0.2) is 5.78 Å². The fourth-order valence-corrected chi connectivity index (χ4v) is 2.67. The number of Topliss-reactive ketones (excluding diaryl/α,β-unsaturated/α-hetero) is 1. The van der Waals surface area contributed by atoms with Crippen LogP contribution in [0, 0.1) is 0 Å². The summed E-state index contributed by atoms with van der Waals surface area (Å²) in [5.74, 6) is 1.02. The number of ketones is 1. The lowest BCUT2D eigenvalue weighted by Gasteiger charge is -2.21. The minimum absolute atomic E-state index is 0.182. The summed E-state index contributed by atoms with van der Waals surface area (Å²) in [5, 5.41) is 6.62. The van der Waals surface area contributed by atoms with Gasteiger partial charge in [0, 0.05) is 25.2 Å². The summed E-state index contributed by atoms with van der Waals surface area (Å²) in [4.78, 5) is 14.6. The maximum atomic E-state index is 12.4. The maximum Gasteiger partial charge on any atom is 0.176 e. The van der Waals surface area contributed by atoms with Crippen molar-refractivity contribution in [3.8, 4) is 5.75 Å². The highest BCUT2D eigenvalue weighted by molar-refractivity contribution is 5.98. The third-order valence-corrected chi connectivity index (χ3v) is 3.78. The zero-order valence-corrected chi connectivity index (χ0v) is 11.7. The number of anilines is 1. The van der Waals surface area contributed by atoms with Crippen molar-refractivity contribution in [2.45, 2.75) is 6.42 Å². The molecule has 2 aliphatic rings. The van der Waals surface area contributed by atoms with Crippen LogP contribution < -0.4 is 15.4 Å². The van der Waals surface area contributed by atoms with Gasteiger partial charge < -0.3 is 15.4 Å². The van der Waals surface area contributed by atoms with Gasteiger partial charge in [0.05, 0.1) is 12.2 Å². The number of hydrogen-bond acceptors (Lipinski definition) is 5. The van der Waals surface area contributed by atoms with Gasteiger partial charge in [-0.25, -0.2) is 0 Å². The third kappa shape index (κ3) is 3.11. The minimum atomic E-state index is 0.182. The smallest absolute Gasteiger partial charge is 0.176 e. The highest BCUT2D eigenvalue weighted by Gasteiger charge is 2.16. The Morgan fingerprint density at radius 1 is 1.25 bits per heavy atom. The molecule has 0 unspecified atom stereocenters. The van der Waals surface area contributed by atoms with E-state index >= 15 is 0 Å². The topological polar surface area (TPSA) is 53.6 Å². The minimum Gasteiger partial charge on any atom is -0.490 e. The molecule has 1 aromatic rings. The Morgan fingerprint density at radius 3 is 3.15 bits per heavy atom. The molecule has 3 rings (SSSR count). The lowest BCUT2D eigenvalue weighted by Crippen LogP contribution is -2.33. The van der Waals surface area contributed by atoms with Gasteiger partial charge in [-0.05, 0) is 37.7 Å². The summed E-state index contributed by atoms with van der Waals surface area (Å²) in [6, 6.07) is 5.66. The van der Waals surface area contributed by atoms with Gasteiger partial charge in [0.1, 0.15) is 12.4 Å². The molecule has 5 heteroatoms. The van der Waals surface area contributed by atoms with Gasteiger partial charge in [-0.15, -0.1) is 0 Å². The van der Waals surface area contributed by atoms with Crippen molar-refractivity contribution >= 4 is 11.5 Å². The van der Waals surface area contributed by atoms with E-state index in [2.05, 4.69) is 15.5 Å². The fourth-order valence-electron chi connectivity index (χ4n) is 2.67. The Kier molecular flexibility index (Phi) is 4.18. The van der Waals surface area contributed by atoms with E-state index in [9.17, 15) is 4.79 Å². The van der Waals surface area contributed by atoms with Crippen molar-refractivity contribution in [2.24, 2.45) is 0 Å². The van der Waals surface area contributed by atoms with Crippen molar-refractivity contribution in [1.29, 1.82) is 0 Å². The predicted molar refractivity (Wildman–Crippen MR) is 78.7 cm³/mol. The molecule has 0 radical (unpaired) electrons. The van der Waals surface area contributed by atoms with Gasteiger partial charge in [0.25, 0.3) is 0 Å². The molecule has 2 heterocycles. The van der Waals surface area contributed by atoms with Crippen LogP contribution in [0.3, 0.4) is 0 Å². The number of carbonyl (C=O) groups is 1. The molecule has 0 bridgehead atoms. The number of nitrogens with one attached hydrogen (secondary N) is 2. The van der Waals surface area contributed by atoms with Crippen molar-refractivity contribution in [2.75, 3.05) is 51.2 Å². The van der Waals surface area contributed by atoms with E-state index in [4.69, 9.17) is 4.74 Å². The second-order valence-corrected chi connectivity index (χ2v) is 5.29. The molecule has 1 fully saturated rings. The lowest BCUT2D eigenvalue weighted by atomic mass is 10.1. The van der Waals surface area contributed by atoms with Crippen LogP contribution in [0.1, 0.15) is 16.8 Å². The van der Waals surface area contributed by atoms with Crippen molar-refractivity contribution in [3.05, 3.63) is 23.8 Å². The number of fused-ring (bicyclic) bond motifs is 1. The molecule has 2 N–H and O–H groups in total. The second kappa shape index (κ2) is 6.24. The van der Waals surface area contributed by atoms with Crippen molar-refractivity contribution in [3.63, 3.8) is 0 Å². The Balaban J connectivity index is 1.67. The second-order valence-electron chi connectivity index (χ2n) is 5.29. The summed E-state index contributed by atoms with van der Waals surface area (Å²) in [5.41, 5.74) is 1.69. The summed E-state index contributed by atoms with van der Waals surface area (Å²) in [6.07, 6.45) is 1.10. The Bertz CT molecular complexity index is 482. The number of rotatable bonds is 3. The quantitative estimate of drug-likeness (QED) is 0.805. The molecule has 0 spiro atoms. The average Bonchev–Trinajstić information content (AvgIpc) is 2.75. The molecule has 0 aromatic heterocycles. The number of nitrogens with zero attached hydrogens (tertiary/aromatic N) is 1. The van der Waals surface area contributed by atoms with Gasteiger partial charge in [-0.3, -0.25) is 9.69 Å². The summed E-state index contributed by atoms with van der Waals surface area (Å²) >= 11 is 0. The van der Waals surface area contributed by atoms with Crippen LogP contribution in [0.2, 0.25) is 0 Å². The first-order chi connectivity index (χ1) is 9.83. The molecular formula is C15H21N3O2. The Morgan fingerprint density at radius 2 is 2.20 bits per heavy atom. The van der Waals surface area contributed by atoms with Crippen LogP contribution >= 0.6 is 0 Å². The Hall–Kier alpha value is -1.59. The fraction of sp³-hybridized carbons (Fsp3) is 0.533. The normalized spacial score (nSPS) is 19.4. The number of benzene rings is 1. The monoisotopic (exact) mass is 275 g/mol. The number of ether oxygens (including phenoxy) is 1. The van der Waals surface area contributed by atoms with Crippen molar-refractivity contribution < 1.29 is 9.53 Å². The first-order valence-electron chi connectivity index (χ1n) is 7.30. The van der Waals surface area contributed by atoms with E-state index in [0.29, 0.717) is 13.2 Å². The first-order valence-corrected chi connectivity index (χ1v) is 7.30. The molecule has 0 amide bonds. The van der Waals surface area contributed by atoms with E-state index in [1.54, 1.807) is 0 Å². The van der Waals surface area contributed by atoms with E-state index < -0.39 is 0 Å². The van der Waals surface area contributed by atoms with E-state index in [1.807, 2.05) is 18.2 Å². The largest absolute Gasteiger partial charge is 0.490 e. The molecule has 1 saturated heterocycles. The van der Waals surface area contributed by atoms with Gasteiger partial charge in [-0.2, -0.15) is 0 Å². The van der Waals surface area contributed by atoms with E-state index in [0.717, 1.165) is 56.1 Å². The first kappa shape index (κ1) is 13.4. The SMILES string of the molecule is O=C(CN1CCCNCC1)c1ccc2c(c1)NCCO2. The van der Waals surface area contributed by atoms with E-state index in [1.165, 1.54) is 0 Å². The molecule has 108 valence electrons. The summed E-state index contributed by atoms with van der Waals surface area (Å²) < 4.78 is 5.53. The van der Waals surface area contributed by atoms with Gasteiger partial charge in [-0.1, -0.05) is 0 Å². The molecule has 5 nitrogen and oxygen atoms in total. The van der Waals surface area contributed by atoms with Crippen molar-refractivity contribution in [1.82, 2.24) is 10.2 Å². The summed E-state index contributed by atoms with van der Waals surface area (Å²) in [7, 11) is 0. The molecule has 20 heavy (non-hydrogen) atoms. The molecular weight excluding hydrogens is 254 g/mol. The van der Waals surface area contributed by atoms with Crippen LogP contribution in [0.25, 0.3) is 0 Å². The molecule has 2 aliphatic heterocycles. The molecule has 0 aliphatic carbocycles. The van der Waals surface area contributed by atoms with Crippen LogP contribution in [0.15, 0.2) is 18.2 Å². The van der Waals surface area contributed by atoms with Crippen LogP contribution in [-0.4, -0.2) is 56.6 Å². The summed E-state index contributed by atoms with van der Waals surface area (Å²) in [6.45, 7) is 5.92. The number of hydrogen-bond donors (Lipinski definition) is 2. The average molecular weight is 275 g/mol. The van der Waals surface area contributed by atoms with Crippen LogP contribution in [0.4, 0.5) is 5.69 Å². The third-order valence-electron chi connectivity index (χ3n) is 3.78. The number of carbonyl (C=O) groups excluding carboxylic acids is 1. The highest BCUT2D eigenvalue weighted by Crippen LogP contribution is 2.28. The molecule has 0 atom stereocenters. The zero-order valence-electron chi connectivity index (χ0n) is 11.7. The van der Waals surface area contributed by atoms with Crippen LogP contribution in [0.5, 0.6) is 5.75 Å².